The summed E-state index contributed by atoms with van der Waals surface area (Å²) < 4.78 is 1.28. The summed E-state index contributed by atoms with van der Waals surface area (Å²) in [4.78, 5) is 38.1. The van der Waals surface area contributed by atoms with Crippen molar-refractivity contribution in [2.75, 3.05) is 32.7 Å². The molecule has 0 bridgehead atoms. The summed E-state index contributed by atoms with van der Waals surface area (Å²) in [5, 5.41) is 17.4. The summed E-state index contributed by atoms with van der Waals surface area (Å²) in [5.41, 5.74) is 0. The fourth-order valence-electron chi connectivity index (χ4n) is 3.22. The van der Waals surface area contributed by atoms with Crippen molar-refractivity contribution in [3.8, 4) is 0 Å². The number of nitrogens with zero attached hydrogens (tertiary/aromatic N) is 5. The molecule has 10 nitrogen and oxygen atoms in total. The number of aromatic nitrogens is 2. The van der Waals surface area contributed by atoms with E-state index >= 15 is 0 Å². The predicted molar refractivity (Wildman–Crippen MR) is 90.3 cm³/mol. The van der Waals surface area contributed by atoms with Gasteiger partial charge < -0.3 is 25.2 Å². The number of carbonyl (C=O) groups is 2. The molecule has 3 rings (SSSR count). The van der Waals surface area contributed by atoms with Crippen LogP contribution in [0.4, 0.5) is 5.82 Å². The Morgan fingerprint density at radius 3 is 2.92 bits per heavy atom. The summed E-state index contributed by atoms with van der Waals surface area (Å²) in [6, 6.07) is 1.32. The highest BCUT2D eigenvalue weighted by Crippen LogP contribution is 2.17. The normalized spacial score (nSPS) is 21.0. The van der Waals surface area contributed by atoms with Crippen LogP contribution in [-0.4, -0.2) is 75.1 Å². The smallest absolute Gasteiger partial charge is 0.358 e. The Morgan fingerprint density at radius 1 is 1.44 bits per heavy atom. The number of piperidine rings is 1. The van der Waals surface area contributed by atoms with Crippen LogP contribution < -0.4 is 5.32 Å². The average Bonchev–Trinajstić information content (AvgIpc) is 3.04. The van der Waals surface area contributed by atoms with Crippen molar-refractivity contribution in [1.82, 2.24) is 24.9 Å². The SMILES string of the molecule is Cl.O=C(Cn1ccc([N+](=O)[O-])n1)N1CCCC(N2CCNCC2=O)C1. The summed E-state index contributed by atoms with van der Waals surface area (Å²) in [5.74, 6) is -0.339. The molecule has 1 N–H and O–H groups in total. The molecular formula is C14H21ClN6O4. The Balaban J connectivity index is 0.00000225. The highest BCUT2D eigenvalue weighted by atomic mass is 35.5. The zero-order valence-corrected chi connectivity index (χ0v) is 14.5. The van der Waals surface area contributed by atoms with E-state index in [1.807, 2.05) is 4.90 Å². The van der Waals surface area contributed by atoms with Crippen molar-refractivity contribution >= 4 is 30.0 Å². The quantitative estimate of drug-likeness (QED) is 0.570. The second-order valence-electron chi connectivity index (χ2n) is 6.03. The Kier molecular flexibility index (Phi) is 6.32. The van der Waals surface area contributed by atoms with E-state index in [0.29, 0.717) is 26.2 Å². The minimum atomic E-state index is -0.589. The first-order chi connectivity index (χ1) is 11.5. The molecule has 2 aliphatic rings. The molecule has 2 aliphatic heterocycles. The van der Waals surface area contributed by atoms with E-state index in [9.17, 15) is 19.7 Å². The molecule has 2 amide bonds. The first-order valence-corrected chi connectivity index (χ1v) is 8.00. The van der Waals surface area contributed by atoms with Crippen molar-refractivity contribution in [2.24, 2.45) is 0 Å². The van der Waals surface area contributed by atoms with Crippen molar-refractivity contribution < 1.29 is 14.5 Å². The number of nitro groups is 1. The molecule has 1 atom stereocenters. The first-order valence-electron chi connectivity index (χ1n) is 8.00. The van der Waals surface area contributed by atoms with Crippen LogP contribution >= 0.6 is 12.4 Å². The fraction of sp³-hybridized carbons (Fsp3) is 0.643. The molecule has 2 saturated heterocycles. The summed E-state index contributed by atoms with van der Waals surface area (Å²) in [6.45, 7) is 2.90. The zero-order chi connectivity index (χ0) is 17.1. The second kappa shape index (κ2) is 8.26. The Morgan fingerprint density at radius 2 is 2.24 bits per heavy atom. The van der Waals surface area contributed by atoms with Crippen LogP contribution in [0.3, 0.4) is 0 Å². The number of hydrogen-bond donors (Lipinski definition) is 1. The number of carbonyl (C=O) groups excluding carboxylic acids is 2. The van der Waals surface area contributed by atoms with E-state index in [4.69, 9.17) is 0 Å². The number of piperazine rings is 1. The topological polar surface area (TPSA) is 114 Å². The number of nitrogens with one attached hydrogen (secondary N) is 1. The summed E-state index contributed by atoms with van der Waals surface area (Å²) in [6.07, 6.45) is 3.16. The number of halogens is 1. The van der Waals surface area contributed by atoms with Gasteiger partial charge in [-0.2, -0.15) is 4.68 Å². The largest absolute Gasteiger partial charge is 0.389 e. The highest BCUT2D eigenvalue weighted by Gasteiger charge is 2.31. The van der Waals surface area contributed by atoms with Crippen LogP contribution in [0.2, 0.25) is 0 Å². The van der Waals surface area contributed by atoms with Gasteiger partial charge in [-0.15, -0.1) is 12.4 Å². The zero-order valence-electron chi connectivity index (χ0n) is 13.7. The molecule has 25 heavy (non-hydrogen) atoms. The van der Waals surface area contributed by atoms with Crippen molar-refractivity contribution in [3.05, 3.63) is 22.4 Å². The van der Waals surface area contributed by atoms with Crippen molar-refractivity contribution in [1.29, 1.82) is 0 Å². The monoisotopic (exact) mass is 372 g/mol. The first kappa shape index (κ1) is 19.1. The van der Waals surface area contributed by atoms with Crippen LogP contribution in [0.1, 0.15) is 12.8 Å². The minimum Gasteiger partial charge on any atom is -0.358 e. The summed E-state index contributed by atoms with van der Waals surface area (Å²) >= 11 is 0. The van der Waals surface area contributed by atoms with Crippen molar-refractivity contribution in [3.63, 3.8) is 0 Å². The van der Waals surface area contributed by atoms with Gasteiger partial charge in [-0.05, 0) is 17.8 Å². The number of amides is 2. The van der Waals surface area contributed by atoms with E-state index < -0.39 is 4.92 Å². The Bertz CT molecular complexity index is 651. The molecule has 0 aromatic carbocycles. The van der Waals surface area contributed by atoms with Crippen LogP contribution in [-0.2, 0) is 16.1 Å². The van der Waals surface area contributed by atoms with Gasteiger partial charge in [-0.1, -0.05) is 0 Å². The second-order valence-corrected chi connectivity index (χ2v) is 6.03. The van der Waals surface area contributed by atoms with Gasteiger partial charge in [0.1, 0.15) is 6.54 Å². The van der Waals surface area contributed by atoms with Gasteiger partial charge in [0.2, 0.25) is 11.8 Å². The predicted octanol–water partition coefficient (Wildman–Crippen LogP) is -0.364. The third kappa shape index (κ3) is 4.45. The van der Waals surface area contributed by atoms with Gasteiger partial charge in [0.15, 0.2) is 0 Å². The molecule has 138 valence electrons. The lowest BCUT2D eigenvalue weighted by atomic mass is 10.0. The van der Waals surface area contributed by atoms with E-state index in [2.05, 4.69) is 10.4 Å². The van der Waals surface area contributed by atoms with E-state index in [-0.39, 0.29) is 42.6 Å². The standard InChI is InChI=1S/C14H20N6O4.ClH/c21-13-8-15-4-7-19(13)11-2-1-5-17(9-11)14(22)10-18-6-3-12(16-18)20(23)24;/h3,6,11,15H,1-2,4-5,7-10H2;1H. The molecule has 0 aliphatic carbocycles. The highest BCUT2D eigenvalue weighted by molar-refractivity contribution is 5.85. The molecule has 0 saturated carbocycles. The molecule has 0 spiro atoms. The third-order valence-electron chi connectivity index (χ3n) is 4.43. The van der Waals surface area contributed by atoms with Crippen molar-refractivity contribution in [2.45, 2.75) is 25.4 Å². The minimum absolute atomic E-state index is 0. The van der Waals surface area contributed by atoms with Gasteiger partial charge in [0, 0.05) is 32.2 Å². The van der Waals surface area contributed by atoms with Crippen LogP contribution in [0.15, 0.2) is 12.3 Å². The molecule has 11 heteroatoms. The third-order valence-corrected chi connectivity index (χ3v) is 4.43. The van der Waals surface area contributed by atoms with Gasteiger partial charge in [0.25, 0.3) is 0 Å². The van der Waals surface area contributed by atoms with Gasteiger partial charge in [0.05, 0.1) is 23.9 Å². The molecule has 0 radical (unpaired) electrons. The number of rotatable bonds is 4. The molecule has 2 fully saturated rings. The fourth-order valence-corrected chi connectivity index (χ4v) is 3.22. The molecule has 1 unspecified atom stereocenters. The number of likely N-dealkylation sites (tertiary alicyclic amines) is 1. The van der Waals surface area contributed by atoms with E-state index in [1.54, 1.807) is 4.90 Å². The molecule has 3 heterocycles. The number of hydrogen-bond acceptors (Lipinski definition) is 6. The lowest BCUT2D eigenvalue weighted by Crippen LogP contribution is -2.57. The molecular weight excluding hydrogens is 352 g/mol. The van der Waals surface area contributed by atoms with E-state index in [1.165, 1.54) is 16.9 Å². The maximum absolute atomic E-state index is 12.4. The van der Waals surface area contributed by atoms with Crippen LogP contribution in [0, 0.1) is 10.1 Å². The van der Waals surface area contributed by atoms with Gasteiger partial charge in [-0.25, -0.2) is 0 Å². The molecule has 1 aromatic rings. The lowest BCUT2D eigenvalue weighted by Gasteiger charge is -2.41. The Hall–Kier alpha value is -2.20. The molecule has 1 aromatic heterocycles. The van der Waals surface area contributed by atoms with Gasteiger partial charge in [-0.3, -0.25) is 9.59 Å². The van der Waals surface area contributed by atoms with E-state index in [0.717, 1.165) is 19.4 Å². The average molecular weight is 373 g/mol. The lowest BCUT2D eigenvalue weighted by molar-refractivity contribution is -0.389. The maximum Gasteiger partial charge on any atom is 0.389 e. The van der Waals surface area contributed by atoms with Gasteiger partial charge >= 0.3 is 5.82 Å². The summed E-state index contributed by atoms with van der Waals surface area (Å²) in [7, 11) is 0. The maximum atomic E-state index is 12.4. The Labute approximate surface area is 150 Å². The van der Waals surface area contributed by atoms with Crippen LogP contribution in [0.25, 0.3) is 0 Å². The van der Waals surface area contributed by atoms with Crippen LogP contribution in [0.5, 0.6) is 0 Å².